The van der Waals surface area contributed by atoms with Crippen LogP contribution in [-0.2, 0) is 14.3 Å². The molecule has 1 heterocycles. The van der Waals surface area contributed by atoms with E-state index in [2.05, 4.69) is 5.32 Å². The van der Waals surface area contributed by atoms with Crippen molar-refractivity contribution in [3.8, 4) is 0 Å². The molecule has 0 radical (unpaired) electrons. The summed E-state index contributed by atoms with van der Waals surface area (Å²) < 4.78 is 5.49. The van der Waals surface area contributed by atoms with Crippen LogP contribution in [0.25, 0.3) is 0 Å². The predicted molar refractivity (Wildman–Crippen MR) is 72.8 cm³/mol. The minimum Gasteiger partial charge on any atom is -0.375 e. The first kappa shape index (κ1) is 15.9. The average molecular weight is 271 g/mol. The number of carbonyl (C=O) groups excluding carboxylic acids is 2. The molecule has 0 saturated carbocycles. The summed E-state index contributed by atoms with van der Waals surface area (Å²) in [7, 11) is 1.67. The maximum Gasteiger partial charge on any atom is 0.242 e. The second-order valence-corrected chi connectivity index (χ2v) is 4.72. The topological polar surface area (TPSA) is 61.9 Å². The van der Waals surface area contributed by atoms with Crippen LogP contribution in [0.1, 0.15) is 20.3 Å². The lowest BCUT2D eigenvalue weighted by atomic mass is 10.2. The smallest absolute Gasteiger partial charge is 0.242 e. The molecule has 0 spiro atoms. The number of hydrogen-bond donors (Lipinski definition) is 1. The van der Waals surface area contributed by atoms with Crippen molar-refractivity contribution in [1.29, 1.82) is 0 Å². The van der Waals surface area contributed by atoms with Crippen molar-refractivity contribution in [2.45, 2.75) is 26.4 Å². The quantitative estimate of drug-likeness (QED) is 0.720. The number of morpholine rings is 1. The van der Waals surface area contributed by atoms with Crippen molar-refractivity contribution < 1.29 is 14.3 Å². The summed E-state index contributed by atoms with van der Waals surface area (Å²) in [5, 5.41) is 3.19. The van der Waals surface area contributed by atoms with Gasteiger partial charge < -0.3 is 19.9 Å². The fraction of sp³-hybridized carbons (Fsp3) is 0.846. The number of rotatable bonds is 6. The van der Waals surface area contributed by atoms with Crippen LogP contribution in [0.2, 0.25) is 0 Å². The van der Waals surface area contributed by atoms with Gasteiger partial charge in [-0.15, -0.1) is 0 Å². The Labute approximate surface area is 115 Å². The van der Waals surface area contributed by atoms with Crippen LogP contribution in [0.5, 0.6) is 0 Å². The fourth-order valence-electron chi connectivity index (χ4n) is 2.07. The van der Waals surface area contributed by atoms with Gasteiger partial charge in [0.05, 0.1) is 25.7 Å². The third-order valence-corrected chi connectivity index (χ3v) is 3.32. The van der Waals surface area contributed by atoms with Crippen LogP contribution in [-0.4, -0.2) is 74.1 Å². The zero-order valence-corrected chi connectivity index (χ0v) is 12.1. The first-order valence-corrected chi connectivity index (χ1v) is 6.92. The van der Waals surface area contributed by atoms with E-state index in [0.717, 1.165) is 6.54 Å². The van der Waals surface area contributed by atoms with Crippen LogP contribution in [0.4, 0.5) is 0 Å². The molecule has 0 bridgehead atoms. The normalized spacial score (nSPS) is 19.0. The van der Waals surface area contributed by atoms with E-state index in [4.69, 9.17) is 4.74 Å². The molecule has 0 aromatic rings. The molecule has 6 nitrogen and oxygen atoms in total. The minimum atomic E-state index is -0.0766. The number of ether oxygens (including phenoxy) is 1. The number of carbonyl (C=O) groups is 2. The minimum absolute atomic E-state index is 0.0106. The summed E-state index contributed by atoms with van der Waals surface area (Å²) in [5.41, 5.74) is 0. The maximum absolute atomic E-state index is 12.0. The summed E-state index contributed by atoms with van der Waals surface area (Å²) >= 11 is 0. The fourth-order valence-corrected chi connectivity index (χ4v) is 2.07. The predicted octanol–water partition coefficient (Wildman–Crippen LogP) is -0.308. The van der Waals surface area contributed by atoms with Gasteiger partial charge in [0.2, 0.25) is 11.8 Å². The maximum atomic E-state index is 12.0. The number of amides is 2. The Morgan fingerprint density at radius 3 is 2.47 bits per heavy atom. The highest BCUT2D eigenvalue weighted by molar-refractivity contribution is 5.84. The summed E-state index contributed by atoms with van der Waals surface area (Å²) in [6.45, 7) is 7.53. The molecular formula is C13H25N3O3. The molecule has 6 heteroatoms. The van der Waals surface area contributed by atoms with Crippen molar-refractivity contribution in [2.24, 2.45) is 0 Å². The second-order valence-electron chi connectivity index (χ2n) is 4.72. The standard InChI is InChI=1S/C13H25N3O3/c1-4-16(5-2)13(18)10-15(3)12(17)8-11-9-14-6-7-19-11/h11,14H,4-10H2,1-3H3. The molecule has 1 N–H and O–H groups in total. The van der Waals surface area contributed by atoms with Gasteiger partial charge in [0.25, 0.3) is 0 Å². The molecule has 1 aliphatic heterocycles. The molecule has 110 valence electrons. The van der Waals surface area contributed by atoms with E-state index >= 15 is 0 Å². The summed E-state index contributed by atoms with van der Waals surface area (Å²) in [6.07, 6.45) is 0.252. The zero-order valence-electron chi connectivity index (χ0n) is 12.1. The van der Waals surface area contributed by atoms with Gasteiger partial charge in [-0.05, 0) is 13.8 Å². The summed E-state index contributed by atoms with van der Waals surface area (Å²) in [5.74, 6) is -0.0576. The van der Waals surface area contributed by atoms with Gasteiger partial charge in [0.15, 0.2) is 0 Å². The van der Waals surface area contributed by atoms with E-state index in [1.165, 1.54) is 4.90 Å². The van der Waals surface area contributed by atoms with E-state index in [1.54, 1.807) is 11.9 Å². The Morgan fingerprint density at radius 2 is 1.95 bits per heavy atom. The molecule has 1 rings (SSSR count). The van der Waals surface area contributed by atoms with Crippen LogP contribution >= 0.6 is 0 Å². The van der Waals surface area contributed by atoms with Gasteiger partial charge in [-0.1, -0.05) is 0 Å². The van der Waals surface area contributed by atoms with Crippen molar-refractivity contribution >= 4 is 11.8 Å². The molecule has 0 aromatic carbocycles. The van der Waals surface area contributed by atoms with E-state index in [-0.39, 0.29) is 24.5 Å². The highest BCUT2D eigenvalue weighted by Crippen LogP contribution is 2.04. The lowest BCUT2D eigenvalue weighted by molar-refractivity contribution is -0.141. The van der Waals surface area contributed by atoms with Crippen molar-refractivity contribution in [3.63, 3.8) is 0 Å². The third-order valence-electron chi connectivity index (χ3n) is 3.32. The first-order valence-electron chi connectivity index (χ1n) is 6.92. The Morgan fingerprint density at radius 1 is 1.26 bits per heavy atom. The highest BCUT2D eigenvalue weighted by Gasteiger charge is 2.21. The summed E-state index contributed by atoms with van der Waals surface area (Å²) in [4.78, 5) is 27.1. The molecule has 1 aliphatic rings. The van der Waals surface area contributed by atoms with Crippen molar-refractivity contribution in [1.82, 2.24) is 15.1 Å². The number of hydrogen-bond acceptors (Lipinski definition) is 4. The SMILES string of the molecule is CCN(CC)C(=O)CN(C)C(=O)CC1CNCCO1. The van der Waals surface area contributed by atoms with E-state index in [0.29, 0.717) is 32.7 Å². The van der Waals surface area contributed by atoms with E-state index < -0.39 is 0 Å². The summed E-state index contributed by atoms with van der Waals surface area (Å²) in [6, 6.07) is 0. The zero-order chi connectivity index (χ0) is 14.3. The molecule has 2 amide bonds. The van der Waals surface area contributed by atoms with Gasteiger partial charge in [-0.25, -0.2) is 0 Å². The lowest BCUT2D eigenvalue weighted by Gasteiger charge is -2.26. The molecular weight excluding hydrogens is 246 g/mol. The van der Waals surface area contributed by atoms with Gasteiger partial charge in [0, 0.05) is 33.2 Å². The monoisotopic (exact) mass is 271 g/mol. The van der Waals surface area contributed by atoms with Crippen LogP contribution in [0, 0.1) is 0 Å². The van der Waals surface area contributed by atoms with Gasteiger partial charge in [-0.3, -0.25) is 9.59 Å². The molecule has 1 fully saturated rings. The molecule has 1 saturated heterocycles. The second kappa shape index (κ2) is 8.12. The van der Waals surface area contributed by atoms with Crippen LogP contribution < -0.4 is 5.32 Å². The molecule has 19 heavy (non-hydrogen) atoms. The lowest BCUT2D eigenvalue weighted by Crippen LogP contribution is -2.44. The van der Waals surface area contributed by atoms with E-state index in [1.807, 2.05) is 13.8 Å². The Kier molecular flexibility index (Phi) is 6.80. The van der Waals surface area contributed by atoms with Crippen LogP contribution in [0.15, 0.2) is 0 Å². The molecule has 1 unspecified atom stereocenters. The number of nitrogens with one attached hydrogen (secondary N) is 1. The largest absolute Gasteiger partial charge is 0.375 e. The number of likely N-dealkylation sites (N-methyl/N-ethyl adjacent to an activating group) is 2. The third kappa shape index (κ3) is 5.16. The van der Waals surface area contributed by atoms with E-state index in [9.17, 15) is 9.59 Å². The Bertz CT molecular complexity index is 300. The van der Waals surface area contributed by atoms with Gasteiger partial charge >= 0.3 is 0 Å². The molecule has 0 aliphatic carbocycles. The van der Waals surface area contributed by atoms with Gasteiger partial charge in [-0.2, -0.15) is 0 Å². The highest BCUT2D eigenvalue weighted by atomic mass is 16.5. The number of nitrogens with zero attached hydrogens (tertiary/aromatic N) is 2. The van der Waals surface area contributed by atoms with Crippen molar-refractivity contribution in [2.75, 3.05) is 46.4 Å². The first-order chi connectivity index (χ1) is 9.08. The van der Waals surface area contributed by atoms with Crippen LogP contribution in [0.3, 0.4) is 0 Å². The Hall–Kier alpha value is -1.14. The van der Waals surface area contributed by atoms with Crippen molar-refractivity contribution in [3.05, 3.63) is 0 Å². The molecule has 1 atom stereocenters. The Balaban J connectivity index is 2.37. The average Bonchev–Trinajstić information content (AvgIpc) is 2.41. The van der Waals surface area contributed by atoms with Gasteiger partial charge in [0.1, 0.15) is 0 Å². The molecule has 0 aromatic heterocycles.